The van der Waals surface area contributed by atoms with E-state index >= 15 is 0 Å². The lowest BCUT2D eigenvalue weighted by Gasteiger charge is -2.30. The number of carbonyl (C=O) groups is 2. The first kappa shape index (κ1) is 25.3. The van der Waals surface area contributed by atoms with E-state index in [0.717, 1.165) is 24.4 Å². The number of nitrogens with one attached hydrogen (secondary N) is 1. The van der Waals surface area contributed by atoms with E-state index in [1.165, 1.54) is 4.90 Å². The number of likely N-dealkylation sites (tertiary alicyclic amines) is 1. The van der Waals surface area contributed by atoms with Crippen molar-refractivity contribution in [3.63, 3.8) is 0 Å². The van der Waals surface area contributed by atoms with Gasteiger partial charge in [-0.1, -0.05) is 18.5 Å². The van der Waals surface area contributed by atoms with Crippen LogP contribution >= 0.6 is 11.6 Å². The van der Waals surface area contributed by atoms with Gasteiger partial charge in [-0.25, -0.2) is 8.78 Å². The Bertz CT molecular complexity index is 1140. The van der Waals surface area contributed by atoms with Crippen molar-refractivity contribution in [3.05, 3.63) is 63.9 Å². The fraction of sp³-hybridized carbons (Fsp3) is 0.458. The summed E-state index contributed by atoms with van der Waals surface area (Å²) in [6.07, 6.45) is -1.11. The van der Waals surface area contributed by atoms with Gasteiger partial charge in [-0.05, 0) is 62.3 Å². The molecular weight excluding hydrogens is 493 g/mol. The molecule has 1 N–H and O–H groups in total. The first-order valence-electron chi connectivity index (χ1n) is 11.3. The molecule has 0 radical (unpaired) electrons. The van der Waals surface area contributed by atoms with Crippen LogP contribution in [0.15, 0.2) is 30.5 Å². The molecule has 0 spiro atoms. The normalized spacial score (nSPS) is 21.2. The molecule has 35 heavy (non-hydrogen) atoms. The Morgan fingerprint density at radius 2 is 1.86 bits per heavy atom. The number of rotatable bonds is 6. The van der Waals surface area contributed by atoms with Crippen molar-refractivity contribution in [2.24, 2.45) is 5.92 Å². The van der Waals surface area contributed by atoms with Gasteiger partial charge in [0.15, 0.2) is 0 Å². The Labute approximate surface area is 203 Å². The zero-order chi connectivity index (χ0) is 25.5. The average molecular weight is 516 g/mol. The van der Waals surface area contributed by atoms with Gasteiger partial charge in [-0.15, -0.1) is 0 Å². The molecule has 1 unspecified atom stereocenters. The fourth-order valence-corrected chi connectivity index (χ4v) is 4.76. The Balaban J connectivity index is 1.60. The lowest BCUT2D eigenvalue weighted by atomic mass is 10.0. The quantitative estimate of drug-likeness (QED) is 0.397. The van der Waals surface area contributed by atoms with Crippen LogP contribution in [0.25, 0.3) is 0 Å². The van der Waals surface area contributed by atoms with Crippen LogP contribution < -0.4 is 5.32 Å². The third kappa shape index (κ3) is 5.27. The molecule has 2 amide bonds. The van der Waals surface area contributed by atoms with Crippen molar-refractivity contribution in [1.29, 1.82) is 0 Å². The summed E-state index contributed by atoms with van der Waals surface area (Å²) in [5, 5.41) is 2.38. The molecule has 2 aliphatic rings. The predicted molar refractivity (Wildman–Crippen MR) is 117 cm³/mol. The highest BCUT2D eigenvalue weighted by Gasteiger charge is 2.44. The van der Waals surface area contributed by atoms with E-state index in [-0.39, 0.29) is 29.0 Å². The molecule has 0 bridgehead atoms. The van der Waals surface area contributed by atoms with Crippen LogP contribution in [0.3, 0.4) is 0 Å². The second kappa shape index (κ2) is 9.72. The summed E-state index contributed by atoms with van der Waals surface area (Å²) < 4.78 is 68.1. The lowest BCUT2D eigenvalue weighted by molar-refractivity contribution is -0.137. The number of hydrogen-bond acceptors (Lipinski definition) is 3. The number of pyridine rings is 1. The summed E-state index contributed by atoms with van der Waals surface area (Å²) in [7, 11) is 0. The van der Waals surface area contributed by atoms with Gasteiger partial charge in [0.1, 0.15) is 23.4 Å². The van der Waals surface area contributed by atoms with Crippen LogP contribution in [0, 0.1) is 17.6 Å². The Morgan fingerprint density at radius 1 is 1.14 bits per heavy atom. The fourth-order valence-electron chi connectivity index (χ4n) is 4.61. The van der Waals surface area contributed by atoms with Gasteiger partial charge in [-0.2, -0.15) is 13.2 Å². The van der Waals surface area contributed by atoms with Crippen molar-refractivity contribution in [2.75, 3.05) is 0 Å². The van der Waals surface area contributed by atoms with Crippen molar-refractivity contribution >= 4 is 23.4 Å². The monoisotopic (exact) mass is 515 g/mol. The maximum absolute atomic E-state index is 14.6. The summed E-state index contributed by atoms with van der Waals surface area (Å²) in [4.78, 5) is 31.6. The minimum atomic E-state index is -4.65. The highest BCUT2D eigenvalue weighted by molar-refractivity contribution is 6.30. The van der Waals surface area contributed by atoms with Crippen molar-refractivity contribution in [3.8, 4) is 0 Å². The number of hydrogen-bond donors (Lipinski definition) is 1. The van der Waals surface area contributed by atoms with Crippen LogP contribution in [0.1, 0.15) is 66.7 Å². The molecule has 2 aromatic rings. The first-order valence-corrected chi connectivity index (χ1v) is 11.7. The highest BCUT2D eigenvalue weighted by Crippen LogP contribution is 2.43. The number of benzene rings is 1. The van der Waals surface area contributed by atoms with E-state index in [9.17, 15) is 31.5 Å². The summed E-state index contributed by atoms with van der Waals surface area (Å²) in [5.74, 6) is -3.04. The molecule has 5 nitrogen and oxygen atoms in total. The first-order chi connectivity index (χ1) is 16.5. The Kier molecular flexibility index (Phi) is 7.04. The van der Waals surface area contributed by atoms with E-state index in [1.807, 2.05) is 6.92 Å². The van der Waals surface area contributed by atoms with Crippen LogP contribution in [-0.4, -0.2) is 33.8 Å². The molecule has 2 heterocycles. The molecule has 1 aliphatic carbocycles. The molecule has 11 heteroatoms. The maximum Gasteiger partial charge on any atom is 0.416 e. The number of halogens is 6. The third-order valence-corrected chi connectivity index (χ3v) is 6.87. The minimum absolute atomic E-state index is 0.0368. The summed E-state index contributed by atoms with van der Waals surface area (Å²) in [5.41, 5.74) is -1.47. The number of alkyl halides is 3. The third-order valence-electron chi connectivity index (χ3n) is 6.58. The van der Waals surface area contributed by atoms with Gasteiger partial charge in [-0.3, -0.25) is 14.6 Å². The molecule has 188 valence electrons. The summed E-state index contributed by atoms with van der Waals surface area (Å²) >= 11 is 5.66. The van der Waals surface area contributed by atoms with E-state index < -0.39 is 53.0 Å². The second-order valence-corrected chi connectivity index (χ2v) is 9.31. The minimum Gasteiger partial charge on any atom is -0.347 e. The van der Waals surface area contributed by atoms with Gasteiger partial charge in [0.25, 0.3) is 5.91 Å². The summed E-state index contributed by atoms with van der Waals surface area (Å²) in [6, 6.07) is 1.07. The predicted octanol–water partition coefficient (Wildman–Crippen LogP) is 5.68. The Morgan fingerprint density at radius 3 is 2.49 bits per heavy atom. The molecule has 3 atom stereocenters. The molecule has 4 rings (SSSR count). The average Bonchev–Trinajstić information content (AvgIpc) is 3.56. The van der Waals surface area contributed by atoms with Gasteiger partial charge < -0.3 is 10.2 Å². The molecule has 1 aliphatic heterocycles. The van der Waals surface area contributed by atoms with Gasteiger partial charge in [0.2, 0.25) is 5.91 Å². The number of aromatic nitrogens is 1. The van der Waals surface area contributed by atoms with Crippen molar-refractivity contribution in [2.45, 2.75) is 63.3 Å². The molecular formula is C24H23ClF5N3O2. The largest absolute Gasteiger partial charge is 0.416 e. The molecule has 1 saturated heterocycles. The SMILES string of the molecule is CC[C@@H]1CC[C@H](C(=O)NC(c2cc(F)c(Cl)cc2F)C2CC2)N1C(=O)c1cc(C(F)(F)F)ccn1. The van der Waals surface area contributed by atoms with Gasteiger partial charge >= 0.3 is 6.18 Å². The van der Waals surface area contributed by atoms with Crippen molar-refractivity contribution < 1.29 is 31.5 Å². The van der Waals surface area contributed by atoms with Crippen molar-refractivity contribution in [1.82, 2.24) is 15.2 Å². The molecule has 1 aromatic heterocycles. The Hall–Kier alpha value is -2.75. The van der Waals surface area contributed by atoms with Crippen LogP contribution in [0.4, 0.5) is 22.0 Å². The zero-order valence-electron chi connectivity index (χ0n) is 18.7. The standard InChI is InChI=1S/C24H23ClF5N3O2/c1-2-14-5-6-20(33(14)23(35)19-9-13(7-8-31-19)24(28,29)30)22(34)32-21(12-3-4-12)15-10-18(27)16(25)11-17(15)26/h7-12,14,20-21H,2-6H2,1H3,(H,32,34)/t14-,20-,21?/m1/s1. The zero-order valence-corrected chi connectivity index (χ0v) is 19.5. The smallest absolute Gasteiger partial charge is 0.347 e. The van der Waals surface area contributed by atoms with E-state index in [2.05, 4.69) is 10.3 Å². The van der Waals surface area contributed by atoms with Crippen LogP contribution in [0.2, 0.25) is 5.02 Å². The van der Waals surface area contributed by atoms with Gasteiger partial charge in [0, 0.05) is 17.8 Å². The molecule has 1 aromatic carbocycles. The highest BCUT2D eigenvalue weighted by atomic mass is 35.5. The van der Waals surface area contributed by atoms with Crippen LogP contribution in [0.5, 0.6) is 0 Å². The number of carbonyl (C=O) groups excluding carboxylic acids is 2. The summed E-state index contributed by atoms with van der Waals surface area (Å²) in [6.45, 7) is 1.81. The van der Waals surface area contributed by atoms with E-state index in [4.69, 9.17) is 11.6 Å². The molecule has 2 fully saturated rings. The van der Waals surface area contributed by atoms with E-state index in [0.29, 0.717) is 31.7 Å². The maximum atomic E-state index is 14.6. The number of amides is 2. The van der Waals surface area contributed by atoms with Crippen LogP contribution in [-0.2, 0) is 11.0 Å². The topological polar surface area (TPSA) is 62.3 Å². The molecule has 1 saturated carbocycles. The second-order valence-electron chi connectivity index (χ2n) is 8.91. The lowest BCUT2D eigenvalue weighted by Crippen LogP contribution is -2.50. The van der Waals surface area contributed by atoms with Gasteiger partial charge in [0.05, 0.1) is 16.6 Å². The van der Waals surface area contributed by atoms with E-state index in [1.54, 1.807) is 0 Å². The number of nitrogens with zero attached hydrogens (tertiary/aromatic N) is 2.